The molecule has 0 fully saturated rings. The molecule has 7 nitrogen and oxygen atoms in total. The van der Waals surface area contributed by atoms with Crippen LogP contribution in [-0.4, -0.2) is 34.1 Å². The van der Waals surface area contributed by atoms with Gasteiger partial charge in [0.05, 0.1) is 16.5 Å². The lowest BCUT2D eigenvalue weighted by atomic mass is 10.1. The summed E-state index contributed by atoms with van der Waals surface area (Å²) in [6.45, 7) is 5.98. The number of rotatable bonds is 5. The van der Waals surface area contributed by atoms with E-state index in [1.165, 1.54) is 19.1 Å². The van der Waals surface area contributed by atoms with Gasteiger partial charge in [-0.3, -0.25) is 14.2 Å². The van der Waals surface area contributed by atoms with Crippen LogP contribution in [0.15, 0.2) is 35.6 Å². The summed E-state index contributed by atoms with van der Waals surface area (Å²) in [4.78, 5) is 40.9. The first-order valence-electron chi connectivity index (χ1n) is 8.14. The number of aromatic nitrogens is 2. The molecule has 2 heterocycles. The van der Waals surface area contributed by atoms with E-state index in [9.17, 15) is 14.4 Å². The largest absolute Gasteiger partial charge is 0.449 e. The Bertz CT molecular complexity index is 916. The number of fused-ring (bicyclic) bond motifs is 2. The van der Waals surface area contributed by atoms with E-state index < -0.39 is 18.0 Å². The van der Waals surface area contributed by atoms with Crippen molar-refractivity contribution in [3.8, 4) is 0 Å². The van der Waals surface area contributed by atoms with Crippen LogP contribution in [0.3, 0.4) is 0 Å². The van der Waals surface area contributed by atoms with E-state index in [0.717, 1.165) is 18.7 Å². The first-order chi connectivity index (χ1) is 12.0. The Morgan fingerprint density at radius 3 is 3.04 bits per heavy atom. The minimum atomic E-state index is -0.929. The Morgan fingerprint density at radius 2 is 2.28 bits per heavy atom. The summed E-state index contributed by atoms with van der Waals surface area (Å²) < 4.78 is 6.84. The highest BCUT2D eigenvalue weighted by molar-refractivity contribution is 5.95. The first-order valence-corrected chi connectivity index (χ1v) is 8.14. The molecular weight excluding hydrogens is 322 g/mol. The Kier molecular flexibility index (Phi) is 4.65. The fraction of sp³-hybridized carbons (Fsp3) is 0.333. The molecule has 0 saturated carbocycles. The number of nitrogens with zero attached hydrogens (tertiary/aromatic N) is 2. The van der Waals surface area contributed by atoms with Crippen LogP contribution in [0.5, 0.6) is 0 Å². The molecule has 0 spiro atoms. The Labute approximate surface area is 144 Å². The van der Waals surface area contributed by atoms with Crippen molar-refractivity contribution >= 4 is 22.8 Å². The van der Waals surface area contributed by atoms with Gasteiger partial charge in [0.25, 0.3) is 11.5 Å². The molecule has 1 amide bonds. The minimum Gasteiger partial charge on any atom is -0.449 e. The smallest absolute Gasteiger partial charge is 0.338 e. The molecule has 1 N–H and O–H groups in total. The number of aryl methyl sites for hydroxylation is 1. The molecule has 25 heavy (non-hydrogen) atoms. The van der Waals surface area contributed by atoms with Crippen LogP contribution < -0.4 is 10.9 Å². The van der Waals surface area contributed by atoms with Gasteiger partial charge in [-0.1, -0.05) is 6.08 Å². The van der Waals surface area contributed by atoms with Crippen molar-refractivity contribution in [3.05, 3.63) is 52.6 Å². The lowest BCUT2D eigenvalue weighted by Crippen LogP contribution is -2.35. The maximum Gasteiger partial charge on any atom is 0.338 e. The van der Waals surface area contributed by atoms with Crippen LogP contribution in [0.1, 0.15) is 29.5 Å². The van der Waals surface area contributed by atoms with E-state index in [4.69, 9.17) is 4.74 Å². The number of amides is 1. The predicted octanol–water partition coefficient (Wildman–Crippen LogP) is 1.19. The summed E-state index contributed by atoms with van der Waals surface area (Å²) in [5.41, 5.74) is 0.636. The minimum absolute atomic E-state index is 0.0883. The molecule has 0 unspecified atom stereocenters. The van der Waals surface area contributed by atoms with E-state index in [0.29, 0.717) is 24.0 Å². The molecule has 0 radical (unpaired) electrons. The molecule has 0 bridgehead atoms. The number of carbonyl (C=O) groups is 2. The normalized spacial score (nSPS) is 14.0. The van der Waals surface area contributed by atoms with Crippen LogP contribution in [0.2, 0.25) is 0 Å². The Morgan fingerprint density at radius 1 is 1.48 bits per heavy atom. The molecule has 1 aromatic heterocycles. The van der Waals surface area contributed by atoms with Crippen LogP contribution in [0.25, 0.3) is 10.9 Å². The average Bonchev–Trinajstić information content (AvgIpc) is 3.07. The second kappa shape index (κ2) is 6.88. The summed E-state index contributed by atoms with van der Waals surface area (Å²) in [6.07, 6.45) is 2.26. The molecule has 1 aromatic carbocycles. The van der Waals surface area contributed by atoms with Crippen molar-refractivity contribution in [1.82, 2.24) is 14.9 Å². The first kappa shape index (κ1) is 16.9. The van der Waals surface area contributed by atoms with Gasteiger partial charge in [0.1, 0.15) is 5.82 Å². The number of esters is 1. The lowest BCUT2D eigenvalue weighted by Gasteiger charge is -2.13. The average molecular weight is 341 g/mol. The highest BCUT2D eigenvalue weighted by Crippen LogP contribution is 2.17. The molecule has 1 aliphatic heterocycles. The topological polar surface area (TPSA) is 90.3 Å². The molecule has 2 aromatic rings. The number of benzene rings is 1. The van der Waals surface area contributed by atoms with Gasteiger partial charge in [0, 0.05) is 19.5 Å². The van der Waals surface area contributed by atoms with Gasteiger partial charge in [-0.15, -0.1) is 6.58 Å². The number of carbonyl (C=O) groups excluding carboxylic acids is 2. The van der Waals surface area contributed by atoms with Crippen LogP contribution in [0, 0.1) is 0 Å². The number of hydrogen-bond acceptors (Lipinski definition) is 5. The zero-order valence-electron chi connectivity index (χ0n) is 13.9. The third-order valence-electron chi connectivity index (χ3n) is 4.13. The number of nitrogens with one attached hydrogen (secondary N) is 1. The Hall–Kier alpha value is -2.96. The van der Waals surface area contributed by atoms with E-state index in [2.05, 4.69) is 16.9 Å². The molecular formula is C18H19N3O4. The van der Waals surface area contributed by atoms with Crippen LogP contribution >= 0.6 is 0 Å². The van der Waals surface area contributed by atoms with Gasteiger partial charge in [-0.25, -0.2) is 9.78 Å². The maximum atomic E-state index is 12.4. The van der Waals surface area contributed by atoms with Crippen LogP contribution in [-0.2, 0) is 22.5 Å². The molecule has 130 valence electrons. The lowest BCUT2D eigenvalue weighted by molar-refractivity contribution is -0.128. The standard InChI is InChI=1S/C18H19N3O4/c1-3-8-19-16(22)11(2)25-18(24)12-6-7-13-14(10-12)20-15-5-4-9-21(15)17(13)23/h3,6-7,10-11H,1,4-5,8-9H2,2H3,(H,19,22)/t11-/m1/s1. The molecule has 0 saturated heterocycles. The molecule has 0 aliphatic carbocycles. The Balaban J connectivity index is 1.83. The van der Waals surface area contributed by atoms with Gasteiger partial charge < -0.3 is 10.1 Å². The fourth-order valence-electron chi connectivity index (χ4n) is 2.81. The highest BCUT2D eigenvalue weighted by Gasteiger charge is 2.20. The zero-order valence-corrected chi connectivity index (χ0v) is 13.9. The SMILES string of the molecule is C=CCNC(=O)[C@@H](C)OC(=O)c1ccc2c(=O)n3c(nc2c1)CCC3. The third kappa shape index (κ3) is 3.31. The molecule has 1 atom stereocenters. The summed E-state index contributed by atoms with van der Waals surface area (Å²) >= 11 is 0. The van der Waals surface area contributed by atoms with Crippen molar-refractivity contribution in [1.29, 1.82) is 0 Å². The van der Waals surface area contributed by atoms with Gasteiger partial charge in [-0.05, 0) is 31.5 Å². The highest BCUT2D eigenvalue weighted by atomic mass is 16.5. The van der Waals surface area contributed by atoms with E-state index >= 15 is 0 Å². The van der Waals surface area contributed by atoms with Crippen molar-refractivity contribution in [2.24, 2.45) is 0 Å². The van der Waals surface area contributed by atoms with E-state index in [1.807, 2.05) is 0 Å². The zero-order chi connectivity index (χ0) is 18.0. The van der Waals surface area contributed by atoms with Gasteiger partial charge in [0.2, 0.25) is 0 Å². The summed E-state index contributed by atoms with van der Waals surface area (Å²) in [5.74, 6) is -0.297. The summed E-state index contributed by atoms with van der Waals surface area (Å²) in [7, 11) is 0. The fourth-order valence-corrected chi connectivity index (χ4v) is 2.81. The maximum absolute atomic E-state index is 12.4. The van der Waals surface area contributed by atoms with Crippen molar-refractivity contribution < 1.29 is 14.3 Å². The van der Waals surface area contributed by atoms with Crippen molar-refractivity contribution in [3.63, 3.8) is 0 Å². The molecule has 7 heteroatoms. The predicted molar refractivity (Wildman–Crippen MR) is 92.4 cm³/mol. The second-order valence-electron chi connectivity index (χ2n) is 5.90. The monoisotopic (exact) mass is 341 g/mol. The molecule has 3 rings (SSSR count). The van der Waals surface area contributed by atoms with Crippen molar-refractivity contribution in [2.45, 2.75) is 32.4 Å². The number of hydrogen-bond donors (Lipinski definition) is 1. The van der Waals surface area contributed by atoms with Gasteiger partial charge >= 0.3 is 5.97 Å². The number of ether oxygens (including phenoxy) is 1. The summed E-state index contributed by atoms with van der Waals surface area (Å²) in [6, 6.07) is 4.63. The quantitative estimate of drug-likeness (QED) is 0.652. The van der Waals surface area contributed by atoms with E-state index in [1.54, 1.807) is 16.7 Å². The van der Waals surface area contributed by atoms with Crippen LogP contribution in [0.4, 0.5) is 0 Å². The third-order valence-corrected chi connectivity index (χ3v) is 4.13. The van der Waals surface area contributed by atoms with Gasteiger partial charge in [-0.2, -0.15) is 0 Å². The summed E-state index contributed by atoms with van der Waals surface area (Å²) in [5, 5.41) is 3.03. The molecule has 1 aliphatic rings. The van der Waals surface area contributed by atoms with Gasteiger partial charge in [0.15, 0.2) is 6.10 Å². The van der Waals surface area contributed by atoms with E-state index in [-0.39, 0.29) is 11.1 Å². The second-order valence-corrected chi connectivity index (χ2v) is 5.90. The van der Waals surface area contributed by atoms with Crippen molar-refractivity contribution in [2.75, 3.05) is 6.54 Å².